The Hall–Kier alpha value is -2.74. The minimum atomic E-state index is -0.692. The Bertz CT molecular complexity index is 1200. The van der Waals surface area contributed by atoms with Crippen molar-refractivity contribution in [2.24, 2.45) is 0 Å². The summed E-state index contributed by atoms with van der Waals surface area (Å²) in [4.78, 5) is 15.3. The molecule has 0 spiro atoms. The number of carbonyl (C=O) groups excluding carboxylic acids is 1. The van der Waals surface area contributed by atoms with Gasteiger partial charge in [0.05, 0.1) is 24.4 Å². The van der Waals surface area contributed by atoms with Crippen LogP contribution in [0.4, 0.5) is 5.69 Å². The maximum Gasteiger partial charge on any atom is 0.254 e. The van der Waals surface area contributed by atoms with E-state index < -0.39 is 10.8 Å². The van der Waals surface area contributed by atoms with E-state index >= 15 is 0 Å². The molecule has 5 rings (SSSR count). The molecule has 2 aromatic carbocycles. The van der Waals surface area contributed by atoms with Crippen molar-refractivity contribution in [3.8, 4) is 11.3 Å². The highest BCUT2D eigenvalue weighted by Gasteiger charge is 2.21. The van der Waals surface area contributed by atoms with Crippen LogP contribution in [0.1, 0.15) is 23.2 Å². The average Bonchev–Trinajstić information content (AvgIpc) is 3.27. The summed E-state index contributed by atoms with van der Waals surface area (Å²) < 4.78 is 18.9. The van der Waals surface area contributed by atoms with Gasteiger partial charge in [-0.3, -0.25) is 18.5 Å². The first-order valence-electron chi connectivity index (χ1n) is 11.9. The highest BCUT2D eigenvalue weighted by atomic mass is 32.2. The molecule has 3 aromatic rings. The van der Waals surface area contributed by atoms with Crippen LogP contribution in [-0.2, 0) is 22.1 Å². The van der Waals surface area contributed by atoms with Crippen molar-refractivity contribution in [3.63, 3.8) is 0 Å². The number of fused-ring (bicyclic) bond motifs is 1. The van der Waals surface area contributed by atoms with Gasteiger partial charge < -0.3 is 10.1 Å². The maximum atomic E-state index is 12.9. The Kier molecular flexibility index (Phi) is 6.94. The van der Waals surface area contributed by atoms with Crippen molar-refractivity contribution in [1.82, 2.24) is 9.47 Å². The molecule has 6 nitrogen and oxygen atoms in total. The van der Waals surface area contributed by atoms with E-state index in [-0.39, 0.29) is 5.91 Å². The fourth-order valence-corrected chi connectivity index (χ4v) is 6.15. The molecule has 3 heterocycles. The fourth-order valence-electron chi connectivity index (χ4n) is 4.85. The molecule has 0 atom stereocenters. The minimum absolute atomic E-state index is 0.146. The Morgan fingerprint density at radius 1 is 1.12 bits per heavy atom. The number of benzene rings is 2. The molecule has 0 aliphatic carbocycles. The Labute approximate surface area is 203 Å². The summed E-state index contributed by atoms with van der Waals surface area (Å²) >= 11 is 0. The fraction of sp³-hybridized carbons (Fsp3) is 0.370. The molecule has 0 bridgehead atoms. The number of aromatic nitrogens is 1. The standard InChI is InChI=1S/C27H31N3O3S/c1-2-27(31)30-25-5-3-4-24(28-22-10-16-34(32)17-11-22)23(25)18-26(30)21-8-6-20(7-9-21)19-29-12-14-33-15-13-29/h2-9,18,22,28H,1,10-17,19H2. The number of hydrogen-bond donors (Lipinski definition) is 1. The number of allylic oxidation sites excluding steroid dienone is 1. The zero-order valence-corrected chi connectivity index (χ0v) is 20.2. The first-order valence-corrected chi connectivity index (χ1v) is 13.4. The quantitative estimate of drug-likeness (QED) is 0.537. The summed E-state index contributed by atoms with van der Waals surface area (Å²) in [5.74, 6) is 1.34. The number of rotatable bonds is 6. The maximum absolute atomic E-state index is 12.9. The van der Waals surface area contributed by atoms with Crippen molar-refractivity contribution >= 4 is 33.3 Å². The molecule has 0 radical (unpaired) electrons. The molecular weight excluding hydrogens is 446 g/mol. The topological polar surface area (TPSA) is 63.6 Å². The van der Waals surface area contributed by atoms with E-state index in [0.717, 1.165) is 85.0 Å². The van der Waals surface area contributed by atoms with Crippen LogP contribution in [0, 0.1) is 0 Å². The van der Waals surface area contributed by atoms with Gasteiger partial charge in [-0.25, -0.2) is 0 Å². The molecule has 2 aliphatic rings. The number of morpholine rings is 1. The largest absolute Gasteiger partial charge is 0.382 e. The number of hydrogen-bond acceptors (Lipinski definition) is 5. The summed E-state index contributed by atoms with van der Waals surface area (Å²) in [6.45, 7) is 8.12. The minimum Gasteiger partial charge on any atom is -0.382 e. The normalized spacial score (nSPS) is 21.4. The third-order valence-corrected chi connectivity index (χ3v) is 8.13. The summed E-state index contributed by atoms with van der Waals surface area (Å²) in [6.07, 6.45) is 3.16. The van der Waals surface area contributed by atoms with Crippen molar-refractivity contribution in [1.29, 1.82) is 0 Å². The van der Waals surface area contributed by atoms with E-state index in [9.17, 15) is 9.00 Å². The van der Waals surface area contributed by atoms with E-state index in [2.05, 4.69) is 53.2 Å². The third-order valence-electron chi connectivity index (χ3n) is 6.75. The first-order chi connectivity index (χ1) is 16.6. The number of nitrogens with one attached hydrogen (secondary N) is 1. The van der Waals surface area contributed by atoms with E-state index in [1.807, 2.05) is 12.1 Å². The Balaban J connectivity index is 1.46. The molecule has 1 aromatic heterocycles. The lowest BCUT2D eigenvalue weighted by Crippen LogP contribution is -2.35. The van der Waals surface area contributed by atoms with Crippen LogP contribution in [0.15, 0.2) is 61.2 Å². The molecule has 34 heavy (non-hydrogen) atoms. The first kappa shape index (κ1) is 23.0. The van der Waals surface area contributed by atoms with Crippen molar-refractivity contribution < 1.29 is 13.7 Å². The van der Waals surface area contributed by atoms with Gasteiger partial charge in [0, 0.05) is 59.1 Å². The van der Waals surface area contributed by atoms with Crippen molar-refractivity contribution in [2.75, 3.05) is 43.1 Å². The van der Waals surface area contributed by atoms with E-state index in [0.29, 0.717) is 6.04 Å². The van der Waals surface area contributed by atoms with Gasteiger partial charge in [-0.1, -0.05) is 36.9 Å². The smallest absolute Gasteiger partial charge is 0.254 e. The van der Waals surface area contributed by atoms with E-state index in [1.165, 1.54) is 11.6 Å². The van der Waals surface area contributed by atoms with Gasteiger partial charge in [0.2, 0.25) is 0 Å². The van der Waals surface area contributed by atoms with Gasteiger partial charge in [0.25, 0.3) is 5.91 Å². The highest BCUT2D eigenvalue weighted by Crippen LogP contribution is 2.34. The molecule has 178 valence electrons. The Morgan fingerprint density at radius 2 is 1.85 bits per heavy atom. The molecule has 2 aliphatic heterocycles. The summed E-state index contributed by atoms with van der Waals surface area (Å²) in [6, 6.07) is 16.9. The van der Waals surface area contributed by atoms with Gasteiger partial charge in [-0.05, 0) is 48.2 Å². The van der Waals surface area contributed by atoms with Crippen LogP contribution < -0.4 is 5.32 Å². The lowest BCUT2D eigenvalue weighted by atomic mass is 10.1. The van der Waals surface area contributed by atoms with Crippen molar-refractivity contribution in [3.05, 3.63) is 66.7 Å². The number of nitrogens with zero attached hydrogens (tertiary/aromatic N) is 2. The zero-order valence-electron chi connectivity index (χ0n) is 19.4. The van der Waals surface area contributed by atoms with Gasteiger partial charge >= 0.3 is 0 Å². The monoisotopic (exact) mass is 477 g/mol. The summed E-state index contributed by atoms with van der Waals surface area (Å²) in [5, 5.41) is 4.66. The molecule has 0 unspecified atom stereocenters. The van der Waals surface area contributed by atoms with Crippen LogP contribution in [-0.4, -0.2) is 63.4 Å². The molecule has 7 heteroatoms. The van der Waals surface area contributed by atoms with Crippen LogP contribution >= 0.6 is 0 Å². The molecule has 2 saturated heterocycles. The summed E-state index contributed by atoms with van der Waals surface area (Å²) in [7, 11) is -0.692. The van der Waals surface area contributed by atoms with Crippen LogP contribution in [0.25, 0.3) is 22.2 Å². The van der Waals surface area contributed by atoms with Crippen LogP contribution in [0.5, 0.6) is 0 Å². The SMILES string of the molecule is C=CC(=O)n1c(-c2ccc(CN3CCOCC3)cc2)cc2c(NC3CCS(=O)CC3)cccc21. The number of anilines is 1. The number of ether oxygens (including phenoxy) is 1. The predicted octanol–water partition coefficient (Wildman–Crippen LogP) is 4.29. The van der Waals surface area contributed by atoms with Gasteiger partial charge in [0.1, 0.15) is 0 Å². The molecule has 0 amide bonds. The molecule has 0 saturated carbocycles. The zero-order chi connectivity index (χ0) is 23.5. The van der Waals surface area contributed by atoms with E-state index in [1.54, 1.807) is 4.57 Å². The second-order valence-electron chi connectivity index (χ2n) is 9.00. The van der Waals surface area contributed by atoms with Crippen LogP contribution in [0.3, 0.4) is 0 Å². The van der Waals surface area contributed by atoms with Gasteiger partial charge in [-0.2, -0.15) is 0 Å². The van der Waals surface area contributed by atoms with E-state index in [4.69, 9.17) is 4.74 Å². The molecule has 2 fully saturated rings. The predicted molar refractivity (Wildman–Crippen MR) is 139 cm³/mol. The lowest BCUT2D eigenvalue weighted by Gasteiger charge is -2.26. The molecular formula is C27H31N3O3S. The average molecular weight is 478 g/mol. The second kappa shape index (κ2) is 10.3. The highest BCUT2D eigenvalue weighted by molar-refractivity contribution is 7.85. The van der Waals surface area contributed by atoms with Gasteiger partial charge in [-0.15, -0.1) is 0 Å². The van der Waals surface area contributed by atoms with Gasteiger partial charge in [0.15, 0.2) is 0 Å². The second-order valence-corrected chi connectivity index (χ2v) is 10.7. The summed E-state index contributed by atoms with van der Waals surface area (Å²) in [5.41, 5.74) is 4.98. The third kappa shape index (κ3) is 4.87. The molecule has 1 N–H and O–H groups in total. The van der Waals surface area contributed by atoms with Crippen molar-refractivity contribution in [2.45, 2.75) is 25.4 Å². The van der Waals surface area contributed by atoms with Crippen LogP contribution in [0.2, 0.25) is 0 Å². The lowest BCUT2D eigenvalue weighted by molar-refractivity contribution is 0.0342. The Morgan fingerprint density at radius 3 is 2.56 bits per heavy atom. The number of carbonyl (C=O) groups is 1.